The molecule has 0 spiro atoms. The van der Waals surface area contributed by atoms with Gasteiger partial charge in [-0.15, -0.1) is 5.06 Å². The molecule has 1 aromatic rings. The number of carbonyl (C=O) groups excluding carboxylic acids is 1. The van der Waals surface area contributed by atoms with Crippen LogP contribution in [0, 0.1) is 0 Å². The third kappa shape index (κ3) is 2.97. The van der Waals surface area contributed by atoms with Gasteiger partial charge in [-0.05, 0) is 12.1 Å². The molecule has 15 heavy (non-hydrogen) atoms. The highest BCUT2D eigenvalue weighted by Crippen LogP contribution is 2.11. The number of benzene rings is 1. The van der Waals surface area contributed by atoms with Gasteiger partial charge < -0.3 is 4.84 Å². The molecule has 4 heteroatoms. The molecule has 0 atom stereocenters. The van der Waals surface area contributed by atoms with Gasteiger partial charge in [0.05, 0.1) is 5.56 Å². The quantitative estimate of drug-likeness (QED) is 0.764. The van der Waals surface area contributed by atoms with Gasteiger partial charge in [0.15, 0.2) is 0 Å². The highest BCUT2D eigenvalue weighted by atomic mass is 32.2. The third-order valence-electron chi connectivity index (χ3n) is 2.19. The van der Waals surface area contributed by atoms with E-state index in [1.54, 1.807) is 17.2 Å². The zero-order valence-electron chi connectivity index (χ0n) is 8.39. The molecule has 3 nitrogen and oxygen atoms in total. The third-order valence-corrected chi connectivity index (χ3v) is 3.13. The maximum atomic E-state index is 11.6. The van der Waals surface area contributed by atoms with Crippen molar-refractivity contribution in [2.24, 2.45) is 0 Å². The fourth-order valence-electron chi connectivity index (χ4n) is 1.38. The zero-order valence-corrected chi connectivity index (χ0v) is 9.20. The smallest absolute Gasteiger partial charge is 0.357 e. The van der Waals surface area contributed by atoms with Gasteiger partial charge in [0.25, 0.3) is 0 Å². The molecule has 1 aliphatic rings. The predicted molar refractivity (Wildman–Crippen MR) is 60.8 cm³/mol. The van der Waals surface area contributed by atoms with Crippen molar-refractivity contribution in [2.75, 3.05) is 24.6 Å². The van der Waals surface area contributed by atoms with Crippen LogP contribution in [0.4, 0.5) is 0 Å². The molecule has 0 radical (unpaired) electrons. The summed E-state index contributed by atoms with van der Waals surface area (Å²) in [4.78, 5) is 16.9. The van der Waals surface area contributed by atoms with Crippen LogP contribution < -0.4 is 0 Å². The Labute approximate surface area is 93.4 Å². The van der Waals surface area contributed by atoms with Gasteiger partial charge in [-0.1, -0.05) is 18.2 Å². The molecule has 1 heterocycles. The number of hydrogen-bond acceptors (Lipinski definition) is 4. The number of hydrogen-bond donors (Lipinski definition) is 0. The highest BCUT2D eigenvalue weighted by molar-refractivity contribution is 7.99. The predicted octanol–water partition coefficient (Wildman–Crippen LogP) is 1.81. The molecule has 0 saturated carbocycles. The SMILES string of the molecule is O=C(ON1CCSCC1)c1ccccc1. The van der Waals surface area contributed by atoms with Gasteiger partial charge >= 0.3 is 5.97 Å². The summed E-state index contributed by atoms with van der Waals surface area (Å²) in [6.45, 7) is 1.65. The van der Waals surface area contributed by atoms with Crippen LogP contribution in [0.1, 0.15) is 10.4 Å². The van der Waals surface area contributed by atoms with Crippen LogP contribution in [0.25, 0.3) is 0 Å². The summed E-state index contributed by atoms with van der Waals surface area (Å²) in [6, 6.07) is 9.08. The minimum atomic E-state index is -0.262. The Hall–Kier alpha value is -1.00. The van der Waals surface area contributed by atoms with E-state index >= 15 is 0 Å². The molecule has 1 aliphatic heterocycles. The minimum absolute atomic E-state index is 0.262. The Kier molecular flexibility index (Phi) is 3.64. The van der Waals surface area contributed by atoms with Crippen molar-refractivity contribution >= 4 is 17.7 Å². The van der Waals surface area contributed by atoms with Crippen molar-refractivity contribution in [3.8, 4) is 0 Å². The topological polar surface area (TPSA) is 29.5 Å². The molecular weight excluding hydrogens is 210 g/mol. The lowest BCUT2D eigenvalue weighted by Gasteiger charge is -2.24. The lowest BCUT2D eigenvalue weighted by molar-refractivity contribution is -0.103. The molecule has 1 saturated heterocycles. The minimum Gasteiger partial charge on any atom is -0.364 e. The van der Waals surface area contributed by atoms with Crippen molar-refractivity contribution in [1.29, 1.82) is 0 Å². The van der Waals surface area contributed by atoms with Gasteiger partial charge in [-0.25, -0.2) is 4.79 Å². The molecule has 0 bridgehead atoms. The summed E-state index contributed by atoms with van der Waals surface area (Å²) in [7, 11) is 0. The Balaban J connectivity index is 1.91. The van der Waals surface area contributed by atoms with E-state index in [-0.39, 0.29) is 5.97 Å². The van der Waals surface area contributed by atoms with Crippen LogP contribution in [0.15, 0.2) is 30.3 Å². The second-order valence-electron chi connectivity index (χ2n) is 3.29. The second kappa shape index (κ2) is 5.19. The Morgan fingerprint density at radius 1 is 1.20 bits per heavy atom. The number of carbonyl (C=O) groups is 1. The first-order valence-electron chi connectivity index (χ1n) is 4.96. The van der Waals surface area contributed by atoms with E-state index in [2.05, 4.69) is 0 Å². The van der Waals surface area contributed by atoms with E-state index in [0.29, 0.717) is 5.56 Å². The summed E-state index contributed by atoms with van der Waals surface area (Å²) < 4.78 is 0. The van der Waals surface area contributed by atoms with E-state index in [1.807, 2.05) is 30.0 Å². The van der Waals surface area contributed by atoms with E-state index in [0.717, 1.165) is 24.6 Å². The lowest BCUT2D eigenvalue weighted by atomic mass is 10.2. The summed E-state index contributed by atoms with van der Waals surface area (Å²) in [6.07, 6.45) is 0. The monoisotopic (exact) mass is 223 g/mol. The van der Waals surface area contributed by atoms with Crippen LogP contribution in [0.5, 0.6) is 0 Å². The zero-order chi connectivity index (χ0) is 10.5. The number of hydroxylamine groups is 2. The average molecular weight is 223 g/mol. The number of nitrogens with zero attached hydrogens (tertiary/aromatic N) is 1. The van der Waals surface area contributed by atoms with E-state index in [9.17, 15) is 4.79 Å². The molecule has 0 unspecified atom stereocenters. The Morgan fingerprint density at radius 3 is 2.53 bits per heavy atom. The van der Waals surface area contributed by atoms with Gasteiger partial charge in [0.1, 0.15) is 0 Å². The Morgan fingerprint density at radius 2 is 1.87 bits per heavy atom. The summed E-state index contributed by atoms with van der Waals surface area (Å²) in [5.74, 6) is 1.80. The molecule has 1 fully saturated rings. The highest BCUT2D eigenvalue weighted by Gasteiger charge is 2.16. The largest absolute Gasteiger partial charge is 0.364 e. The van der Waals surface area contributed by atoms with Gasteiger partial charge in [0.2, 0.25) is 0 Å². The second-order valence-corrected chi connectivity index (χ2v) is 4.51. The lowest BCUT2D eigenvalue weighted by Crippen LogP contribution is -2.34. The maximum absolute atomic E-state index is 11.6. The maximum Gasteiger partial charge on any atom is 0.357 e. The van der Waals surface area contributed by atoms with Gasteiger partial charge in [-0.2, -0.15) is 11.8 Å². The van der Waals surface area contributed by atoms with Crippen LogP contribution in [0.3, 0.4) is 0 Å². The van der Waals surface area contributed by atoms with Crippen LogP contribution in [0.2, 0.25) is 0 Å². The standard InChI is InChI=1S/C11H13NO2S/c13-11(10-4-2-1-3-5-10)14-12-6-8-15-9-7-12/h1-5H,6-9H2. The van der Waals surface area contributed by atoms with Crippen molar-refractivity contribution in [3.05, 3.63) is 35.9 Å². The molecule has 0 amide bonds. The summed E-state index contributed by atoms with van der Waals surface area (Å²) in [5, 5.41) is 1.74. The molecule has 2 rings (SSSR count). The van der Waals surface area contributed by atoms with Crippen molar-refractivity contribution < 1.29 is 9.63 Å². The van der Waals surface area contributed by atoms with Crippen LogP contribution >= 0.6 is 11.8 Å². The fourth-order valence-corrected chi connectivity index (χ4v) is 2.25. The van der Waals surface area contributed by atoms with Crippen molar-refractivity contribution in [1.82, 2.24) is 5.06 Å². The molecule has 0 aromatic heterocycles. The fraction of sp³-hybridized carbons (Fsp3) is 0.364. The van der Waals surface area contributed by atoms with Crippen molar-refractivity contribution in [3.63, 3.8) is 0 Å². The summed E-state index contributed by atoms with van der Waals surface area (Å²) in [5.41, 5.74) is 0.607. The molecule has 80 valence electrons. The first-order valence-corrected chi connectivity index (χ1v) is 6.12. The van der Waals surface area contributed by atoms with E-state index in [4.69, 9.17) is 4.84 Å². The van der Waals surface area contributed by atoms with Gasteiger partial charge in [-0.3, -0.25) is 0 Å². The summed E-state index contributed by atoms with van der Waals surface area (Å²) >= 11 is 1.89. The van der Waals surface area contributed by atoms with Crippen molar-refractivity contribution in [2.45, 2.75) is 0 Å². The number of thioether (sulfide) groups is 1. The van der Waals surface area contributed by atoms with E-state index < -0.39 is 0 Å². The molecular formula is C11H13NO2S. The first kappa shape index (κ1) is 10.5. The van der Waals surface area contributed by atoms with Crippen LogP contribution in [-0.2, 0) is 4.84 Å². The number of rotatable bonds is 2. The van der Waals surface area contributed by atoms with Gasteiger partial charge in [0, 0.05) is 24.6 Å². The van der Waals surface area contributed by atoms with Crippen LogP contribution in [-0.4, -0.2) is 35.6 Å². The average Bonchev–Trinajstić information content (AvgIpc) is 2.31. The normalized spacial score (nSPS) is 17.3. The molecule has 0 N–H and O–H groups in total. The molecule has 0 aliphatic carbocycles. The first-order chi connectivity index (χ1) is 7.36. The van der Waals surface area contributed by atoms with E-state index in [1.165, 1.54) is 0 Å². The Bertz CT molecular complexity index is 323. The molecule has 1 aromatic carbocycles.